The van der Waals surface area contributed by atoms with Crippen LogP contribution in [0.4, 0.5) is 10.9 Å². The zero-order chi connectivity index (χ0) is 22.7. The van der Waals surface area contributed by atoms with Crippen molar-refractivity contribution >= 4 is 39.8 Å². The Hall–Kier alpha value is -3.40. The Morgan fingerprint density at radius 2 is 2.12 bits per heavy atom. The number of carbonyl (C=O) groups is 3. The van der Waals surface area contributed by atoms with Gasteiger partial charge in [0.15, 0.2) is 16.7 Å². The molecule has 0 radical (unpaired) electrons. The molecule has 0 saturated heterocycles. The molecule has 0 aromatic carbocycles. The van der Waals surface area contributed by atoms with E-state index in [-0.39, 0.29) is 23.9 Å². The Balaban J connectivity index is 1.40. The molecule has 1 atom stereocenters. The summed E-state index contributed by atoms with van der Waals surface area (Å²) in [5.41, 5.74) is 1.06. The quantitative estimate of drug-likeness (QED) is 0.398. The van der Waals surface area contributed by atoms with Crippen LogP contribution in [0, 0.1) is 5.92 Å². The number of nitrogens with zero attached hydrogens (tertiary/aromatic N) is 4. The fraction of sp³-hybridized carbons (Fsp3) is 0.364. The van der Waals surface area contributed by atoms with Crippen LogP contribution in [0.15, 0.2) is 30.7 Å². The molecule has 2 N–H and O–H groups in total. The predicted octanol–water partition coefficient (Wildman–Crippen LogP) is 2.90. The molecule has 10 heteroatoms. The van der Waals surface area contributed by atoms with E-state index in [4.69, 9.17) is 0 Å². The van der Waals surface area contributed by atoms with Crippen LogP contribution in [0.5, 0.6) is 0 Å². The van der Waals surface area contributed by atoms with Gasteiger partial charge in [0.05, 0.1) is 16.5 Å². The fourth-order valence-electron chi connectivity index (χ4n) is 3.66. The van der Waals surface area contributed by atoms with E-state index >= 15 is 0 Å². The second-order valence-electron chi connectivity index (χ2n) is 7.58. The molecule has 166 valence electrons. The van der Waals surface area contributed by atoms with Gasteiger partial charge in [-0.1, -0.05) is 11.3 Å². The lowest BCUT2D eigenvalue weighted by molar-refractivity contribution is -0.116. The van der Waals surface area contributed by atoms with Crippen LogP contribution in [-0.4, -0.2) is 43.5 Å². The topological polar surface area (TPSA) is 119 Å². The Labute approximate surface area is 189 Å². The van der Waals surface area contributed by atoms with E-state index in [1.165, 1.54) is 6.20 Å². The third-order valence-corrected chi connectivity index (χ3v) is 6.40. The van der Waals surface area contributed by atoms with Crippen LogP contribution in [0.1, 0.15) is 51.3 Å². The van der Waals surface area contributed by atoms with Crippen molar-refractivity contribution in [2.75, 3.05) is 17.2 Å². The van der Waals surface area contributed by atoms with Crippen molar-refractivity contribution in [1.82, 2.24) is 19.5 Å². The number of aromatic nitrogens is 4. The SMILES string of the molecule is CCNc1ccc(C(=O)C2CCc3nc(NC(=O)CCc4nccn4C)sc3C2=O)cn1. The van der Waals surface area contributed by atoms with Crippen LogP contribution in [-0.2, 0) is 24.7 Å². The third-order valence-electron chi connectivity index (χ3n) is 5.37. The number of ketones is 2. The van der Waals surface area contributed by atoms with Gasteiger partial charge in [-0.15, -0.1) is 0 Å². The normalized spacial score (nSPS) is 15.3. The predicted molar refractivity (Wildman–Crippen MR) is 121 cm³/mol. The lowest BCUT2D eigenvalue weighted by Crippen LogP contribution is -2.29. The summed E-state index contributed by atoms with van der Waals surface area (Å²) in [5, 5.41) is 6.24. The summed E-state index contributed by atoms with van der Waals surface area (Å²) in [7, 11) is 1.88. The highest BCUT2D eigenvalue weighted by atomic mass is 32.1. The van der Waals surface area contributed by atoms with Gasteiger partial charge in [-0.05, 0) is 31.9 Å². The van der Waals surface area contributed by atoms with Crippen LogP contribution in [0.25, 0.3) is 0 Å². The number of rotatable bonds is 8. The number of hydrogen-bond donors (Lipinski definition) is 2. The molecule has 0 aliphatic heterocycles. The molecular weight excluding hydrogens is 428 g/mol. The number of Topliss-reactive ketones (excluding diaryl/α,β-unsaturated/α-hetero) is 2. The van der Waals surface area contributed by atoms with E-state index in [1.54, 1.807) is 18.3 Å². The van der Waals surface area contributed by atoms with Gasteiger partial charge in [0.2, 0.25) is 5.91 Å². The first kappa shape index (κ1) is 21.8. The highest BCUT2D eigenvalue weighted by molar-refractivity contribution is 7.17. The second-order valence-corrected chi connectivity index (χ2v) is 8.58. The standard InChI is InChI=1S/C22H24N6O3S/c1-3-23-16-7-4-13(12-25-16)19(30)14-5-6-15-21(20(14)31)32-22(26-15)27-18(29)9-8-17-24-10-11-28(17)2/h4,7,10-12,14H,3,5-6,8-9H2,1-2H3,(H,23,25)(H,26,27,29). The molecule has 3 heterocycles. The van der Waals surface area contributed by atoms with Crippen LogP contribution in [0.2, 0.25) is 0 Å². The van der Waals surface area contributed by atoms with E-state index in [0.29, 0.717) is 46.3 Å². The van der Waals surface area contributed by atoms with Crippen molar-refractivity contribution in [3.05, 3.63) is 52.7 Å². The maximum absolute atomic E-state index is 13.0. The highest BCUT2D eigenvalue weighted by Gasteiger charge is 2.36. The molecule has 3 aromatic rings. The van der Waals surface area contributed by atoms with Crippen molar-refractivity contribution in [1.29, 1.82) is 0 Å². The smallest absolute Gasteiger partial charge is 0.226 e. The number of imidazole rings is 1. The molecule has 9 nitrogen and oxygen atoms in total. The number of pyridine rings is 1. The molecule has 1 aliphatic carbocycles. The molecule has 0 fully saturated rings. The van der Waals surface area contributed by atoms with Crippen molar-refractivity contribution in [2.24, 2.45) is 13.0 Å². The number of amides is 1. The number of aryl methyl sites for hydroxylation is 3. The fourth-order valence-corrected chi connectivity index (χ4v) is 4.68. The number of nitrogens with one attached hydrogen (secondary N) is 2. The lowest BCUT2D eigenvalue weighted by atomic mass is 9.84. The molecule has 4 rings (SSSR count). The van der Waals surface area contributed by atoms with Crippen LogP contribution < -0.4 is 10.6 Å². The Morgan fingerprint density at radius 1 is 1.28 bits per heavy atom. The molecule has 0 saturated carbocycles. The maximum Gasteiger partial charge on any atom is 0.226 e. The van der Waals surface area contributed by atoms with Gasteiger partial charge in [0.25, 0.3) is 0 Å². The van der Waals surface area contributed by atoms with Gasteiger partial charge >= 0.3 is 0 Å². The summed E-state index contributed by atoms with van der Waals surface area (Å²) >= 11 is 1.13. The van der Waals surface area contributed by atoms with Gasteiger partial charge in [-0.3, -0.25) is 14.4 Å². The highest BCUT2D eigenvalue weighted by Crippen LogP contribution is 2.34. The van der Waals surface area contributed by atoms with Crippen LogP contribution >= 0.6 is 11.3 Å². The molecule has 1 unspecified atom stereocenters. The minimum absolute atomic E-state index is 0.189. The first-order valence-electron chi connectivity index (χ1n) is 10.5. The van der Waals surface area contributed by atoms with Crippen molar-refractivity contribution in [3.8, 4) is 0 Å². The van der Waals surface area contributed by atoms with Crippen molar-refractivity contribution in [3.63, 3.8) is 0 Å². The Kier molecular flexibility index (Phi) is 6.40. The number of hydrogen-bond acceptors (Lipinski definition) is 8. The molecule has 3 aromatic heterocycles. The average Bonchev–Trinajstić information content (AvgIpc) is 3.39. The summed E-state index contributed by atoms with van der Waals surface area (Å²) < 4.78 is 1.87. The van der Waals surface area contributed by atoms with Gasteiger partial charge in [-0.25, -0.2) is 15.0 Å². The minimum Gasteiger partial charge on any atom is -0.370 e. The van der Waals surface area contributed by atoms with E-state index in [2.05, 4.69) is 25.6 Å². The average molecular weight is 453 g/mol. The summed E-state index contributed by atoms with van der Waals surface area (Å²) in [4.78, 5) is 51.5. The first-order valence-corrected chi connectivity index (χ1v) is 11.3. The van der Waals surface area contributed by atoms with Crippen LogP contribution in [0.3, 0.4) is 0 Å². The van der Waals surface area contributed by atoms with Gasteiger partial charge in [0, 0.05) is 50.6 Å². The lowest BCUT2D eigenvalue weighted by Gasteiger charge is -2.18. The number of anilines is 2. The first-order chi connectivity index (χ1) is 15.5. The van der Waals surface area contributed by atoms with Crippen molar-refractivity contribution < 1.29 is 14.4 Å². The zero-order valence-corrected chi connectivity index (χ0v) is 18.7. The maximum atomic E-state index is 13.0. The molecule has 0 bridgehead atoms. The van der Waals surface area contributed by atoms with E-state index in [0.717, 1.165) is 23.7 Å². The summed E-state index contributed by atoms with van der Waals surface area (Å²) in [5.74, 6) is 0.103. The number of fused-ring (bicyclic) bond motifs is 1. The summed E-state index contributed by atoms with van der Waals surface area (Å²) in [6.07, 6.45) is 6.71. The zero-order valence-electron chi connectivity index (χ0n) is 17.9. The van der Waals surface area contributed by atoms with Crippen molar-refractivity contribution in [2.45, 2.75) is 32.6 Å². The second kappa shape index (κ2) is 9.39. The van der Waals surface area contributed by atoms with Gasteiger partial charge in [-0.2, -0.15) is 0 Å². The summed E-state index contributed by atoms with van der Waals surface area (Å²) in [6, 6.07) is 3.43. The molecule has 1 amide bonds. The molecule has 0 spiro atoms. The molecule has 32 heavy (non-hydrogen) atoms. The van der Waals surface area contributed by atoms with Gasteiger partial charge in [0.1, 0.15) is 11.6 Å². The Morgan fingerprint density at radius 3 is 2.81 bits per heavy atom. The number of thiazole rings is 1. The minimum atomic E-state index is -0.748. The monoisotopic (exact) mass is 452 g/mol. The van der Waals surface area contributed by atoms with E-state index in [9.17, 15) is 14.4 Å². The Bertz CT molecular complexity index is 1150. The number of carbonyl (C=O) groups excluding carboxylic acids is 3. The molecule has 1 aliphatic rings. The van der Waals surface area contributed by atoms with E-state index in [1.807, 2.05) is 24.7 Å². The molecular formula is C22H24N6O3S. The largest absolute Gasteiger partial charge is 0.370 e. The van der Waals surface area contributed by atoms with E-state index < -0.39 is 5.92 Å². The third kappa shape index (κ3) is 4.59. The summed E-state index contributed by atoms with van der Waals surface area (Å²) in [6.45, 7) is 2.70. The van der Waals surface area contributed by atoms with Gasteiger partial charge < -0.3 is 15.2 Å².